The maximum absolute atomic E-state index is 12.1. The Labute approximate surface area is 151 Å². The molecule has 1 amide bonds. The van der Waals surface area contributed by atoms with Gasteiger partial charge in [-0.15, -0.1) is 11.3 Å². The fraction of sp³-hybridized carbons (Fsp3) is 0.214. The molecule has 2 aromatic rings. The molecule has 0 aliphatic carbocycles. The molecule has 1 atom stereocenters. The molecular weight excluding hydrogens is 486 g/mol. The maximum Gasteiger partial charge on any atom is 0.255 e. The van der Waals surface area contributed by atoms with Crippen molar-refractivity contribution in [1.82, 2.24) is 5.32 Å². The number of carbonyl (C=O) groups is 1. The van der Waals surface area contributed by atoms with Crippen LogP contribution in [0.15, 0.2) is 31.8 Å². The van der Waals surface area contributed by atoms with E-state index in [9.17, 15) is 4.79 Å². The zero-order valence-electron chi connectivity index (χ0n) is 10.7. The predicted octanol–water partition coefficient (Wildman–Crippen LogP) is 4.88. The lowest BCUT2D eigenvalue weighted by Crippen LogP contribution is -2.24. The molecule has 1 N–H and O–H groups in total. The van der Waals surface area contributed by atoms with E-state index in [0.29, 0.717) is 24.5 Å². The third-order valence-electron chi connectivity index (χ3n) is 3.14. The first-order valence-electron chi connectivity index (χ1n) is 6.20. The number of rotatable bonds is 2. The van der Waals surface area contributed by atoms with E-state index in [1.807, 2.05) is 18.2 Å². The fourth-order valence-corrected chi connectivity index (χ4v) is 6.14. The zero-order valence-corrected chi connectivity index (χ0v) is 16.2. The Hall–Kier alpha value is -0.370. The van der Waals surface area contributed by atoms with Crippen LogP contribution in [0.4, 0.5) is 0 Å². The van der Waals surface area contributed by atoms with Gasteiger partial charge < -0.3 is 10.1 Å². The summed E-state index contributed by atoms with van der Waals surface area (Å²) in [6, 6.07) is 7.79. The second-order valence-corrected chi connectivity index (χ2v) is 9.17. The highest BCUT2D eigenvalue weighted by atomic mass is 79.9. The molecule has 0 spiro atoms. The molecule has 2 heterocycles. The van der Waals surface area contributed by atoms with Gasteiger partial charge in [0, 0.05) is 0 Å². The molecular formula is C14H10Br3NO2S. The van der Waals surface area contributed by atoms with Crippen molar-refractivity contribution < 1.29 is 9.53 Å². The standard InChI is InChI=1S/C14H10Br3NO2S/c15-11-6-9(13(17)21-11)12(16)7-1-2-10-8(5-7)14(19)18-3-4-20-10/h1-2,5-6,12H,3-4H2,(H,18,19). The Morgan fingerprint density at radius 2 is 2.10 bits per heavy atom. The molecule has 1 aromatic carbocycles. The maximum atomic E-state index is 12.1. The third kappa shape index (κ3) is 3.21. The highest BCUT2D eigenvalue weighted by Gasteiger charge is 2.21. The molecule has 21 heavy (non-hydrogen) atoms. The molecule has 0 saturated carbocycles. The van der Waals surface area contributed by atoms with Crippen LogP contribution in [0.1, 0.15) is 26.3 Å². The normalized spacial score (nSPS) is 15.7. The summed E-state index contributed by atoms with van der Waals surface area (Å²) >= 11 is 12.4. The van der Waals surface area contributed by atoms with Crippen LogP contribution in [0.5, 0.6) is 5.75 Å². The summed E-state index contributed by atoms with van der Waals surface area (Å²) in [6.07, 6.45) is 0. The van der Waals surface area contributed by atoms with E-state index in [0.717, 1.165) is 18.7 Å². The molecule has 1 unspecified atom stereocenters. The number of fused-ring (bicyclic) bond motifs is 1. The van der Waals surface area contributed by atoms with Crippen molar-refractivity contribution in [3.8, 4) is 5.75 Å². The molecule has 1 aromatic heterocycles. The number of thiophene rings is 1. The van der Waals surface area contributed by atoms with Gasteiger partial charge in [-0.1, -0.05) is 22.0 Å². The summed E-state index contributed by atoms with van der Waals surface area (Å²) in [6.45, 7) is 1.03. The second-order valence-electron chi connectivity index (χ2n) is 4.50. The Bertz CT molecular complexity index is 702. The summed E-state index contributed by atoms with van der Waals surface area (Å²) < 4.78 is 7.70. The van der Waals surface area contributed by atoms with Gasteiger partial charge in [-0.2, -0.15) is 0 Å². The van der Waals surface area contributed by atoms with Crippen molar-refractivity contribution in [1.29, 1.82) is 0 Å². The first-order chi connectivity index (χ1) is 10.1. The largest absolute Gasteiger partial charge is 0.491 e. The Balaban J connectivity index is 2.00. The fourth-order valence-electron chi connectivity index (χ4n) is 2.13. The monoisotopic (exact) mass is 493 g/mol. The van der Waals surface area contributed by atoms with E-state index in [1.54, 1.807) is 11.3 Å². The van der Waals surface area contributed by atoms with Crippen molar-refractivity contribution in [3.05, 3.63) is 48.5 Å². The number of carbonyl (C=O) groups excluding carboxylic acids is 1. The van der Waals surface area contributed by atoms with Gasteiger partial charge in [-0.05, 0) is 61.2 Å². The molecule has 110 valence electrons. The van der Waals surface area contributed by atoms with Gasteiger partial charge in [0.2, 0.25) is 0 Å². The van der Waals surface area contributed by atoms with Gasteiger partial charge in [0.15, 0.2) is 0 Å². The third-order valence-corrected chi connectivity index (χ3v) is 6.55. The van der Waals surface area contributed by atoms with Crippen molar-refractivity contribution in [2.45, 2.75) is 4.83 Å². The van der Waals surface area contributed by atoms with Gasteiger partial charge in [0.05, 0.1) is 24.5 Å². The van der Waals surface area contributed by atoms with E-state index >= 15 is 0 Å². The SMILES string of the molecule is O=C1NCCOc2ccc(C(Br)c3cc(Br)sc3Br)cc21. The average Bonchev–Trinajstić information content (AvgIpc) is 2.69. The van der Waals surface area contributed by atoms with Crippen LogP contribution < -0.4 is 10.1 Å². The predicted molar refractivity (Wildman–Crippen MR) is 94.8 cm³/mol. The lowest BCUT2D eigenvalue weighted by Gasteiger charge is -2.12. The van der Waals surface area contributed by atoms with Crippen molar-refractivity contribution in [2.75, 3.05) is 13.2 Å². The first kappa shape index (κ1) is 15.5. The van der Waals surface area contributed by atoms with Gasteiger partial charge >= 0.3 is 0 Å². The molecule has 7 heteroatoms. The Kier molecular flexibility index (Phi) is 4.73. The minimum absolute atomic E-state index is 0.00998. The summed E-state index contributed by atoms with van der Waals surface area (Å²) in [4.78, 5) is 12.1. The van der Waals surface area contributed by atoms with Gasteiger partial charge in [-0.25, -0.2) is 0 Å². The summed E-state index contributed by atoms with van der Waals surface area (Å²) in [5, 5.41) is 2.83. The highest BCUT2D eigenvalue weighted by Crippen LogP contribution is 2.42. The quantitative estimate of drug-likeness (QED) is 0.603. The first-order valence-corrected chi connectivity index (χ1v) is 9.52. The smallest absolute Gasteiger partial charge is 0.255 e. The van der Waals surface area contributed by atoms with E-state index in [2.05, 4.69) is 59.2 Å². The number of hydrogen-bond acceptors (Lipinski definition) is 3. The molecule has 1 aliphatic heterocycles. The van der Waals surface area contributed by atoms with Crippen LogP contribution in [-0.4, -0.2) is 19.1 Å². The van der Waals surface area contributed by atoms with E-state index in [1.165, 1.54) is 0 Å². The van der Waals surface area contributed by atoms with Gasteiger partial charge in [-0.3, -0.25) is 4.79 Å². The number of halogens is 3. The molecule has 3 rings (SSSR count). The summed E-state index contributed by atoms with van der Waals surface area (Å²) in [5.41, 5.74) is 2.72. The van der Waals surface area contributed by atoms with Crippen LogP contribution in [0.2, 0.25) is 0 Å². The number of benzene rings is 1. The number of ether oxygens (including phenoxy) is 1. The second kappa shape index (κ2) is 6.40. The number of alkyl halides is 1. The zero-order chi connectivity index (χ0) is 15.0. The Morgan fingerprint density at radius 3 is 2.81 bits per heavy atom. The van der Waals surface area contributed by atoms with Crippen LogP contribution in [0.3, 0.4) is 0 Å². The Morgan fingerprint density at radius 1 is 1.29 bits per heavy atom. The van der Waals surface area contributed by atoms with Gasteiger partial charge in [0.1, 0.15) is 12.4 Å². The lowest BCUT2D eigenvalue weighted by atomic mass is 10.0. The van der Waals surface area contributed by atoms with Crippen molar-refractivity contribution >= 4 is 65.0 Å². The highest BCUT2D eigenvalue weighted by molar-refractivity contribution is 9.12. The minimum atomic E-state index is -0.0883. The minimum Gasteiger partial charge on any atom is -0.491 e. The van der Waals surface area contributed by atoms with E-state index in [4.69, 9.17) is 4.74 Å². The summed E-state index contributed by atoms with van der Waals surface area (Å²) in [5.74, 6) is 0.550. The topological polar surface area (TPSA) is 38.3 Å². The summed E-state index contributed by atoms with van der Waals surface area (Å²) in [7, 11) is 0. The molecule has 0 saturated heterocycles. The number of amides is 1. The molecule has 0 bridgehead atoms. The van der Waals surface area contributed by atoms with Gasteiger partial charge in [0.25, 0.3) is 5.91 Å². The molecule has 0 radical (unpaired) electrons. The van der Waals surface area contributed by atoms with Crippen LogP contribution >= 0.6 is 59.1 Å². The van der Waals surface area contributed by atoms with Crippen LogP contribution in [-0.2, 0) is 0 Å². The van der Waals surface area contributed by atoms with E-state index in [-0.39, 0.29) is 10.7 Å². The van der Waals surface area contributed by atoms with E-state index < -0.39 is 0 Å². The molecule has 1 aliphatic rings. The number of hydrogen-bond donors (Lipinski definition) is 1. The van der Waals surface area contributed by atoms with Crippen LogP contribution in [0, 0.1) is 0 Å². The van der Waals surface area contributed by atoms with Crippen molar-refractivity contribution in [3.63, 3.8) is 0 Å². The number of nitrogens with one attached hydrogen (secondary N) is 1. The van der Waals surface area contributed by atoms with Crippen molar-refractivity contribution in [2.24, 2.45) is 0 Å². The average molecular weight is 496 g/mol. The molecule has 3 nitrogen and oxygen atoms in total. The molecule has 0 fully saturated rings. The lowest BCUT2D eigenvalue weighted by molar-refractivity contribution is 0.0957. The van der Waals surface area contributed by atoms with Crippen LogP contribution in [0.25, 0.3) is 0 Å².